The number of hydrogen-bond donors (Lipinski definition) is 2. The molecular formula is C16H15ClN2O2. The molecule has 0 heterocycles. The Balaban J connectivity index is 2.32. The number of halogens is 1. The summed E-state index contributed by atoms with van der Waals surface area (Å²) in [7, 11) is 0. The second-order valence-corrected chi connectivity index (χ2v) is 5.14. The molecule has 2 N–H and O–H groups in total. The second kappa shape index (κ2) is 6.41. The molecule has 2 aromatic carbocycles. The van der Waals surface area contributed by atoms with Crippen LogP contribution in [0.5, 0.6) is 0 Å². The number of para-hydroxylation sites is 1. The topological polar surface area (TPSA) is 61.7 Å². The van der Waals surface area contributed by atoms with Crippen LogP contribution in [0, 0.1) is 6.92 Å². The van der Waals surface area contributed by atoms with E-state index >= 15 is 0 Å². The largest absolute Gasteiger partial charge is 0.411 e. The third-order valence-corrected chi connectivity index (χ3v) is 3.24. The lowest BCUT2D eigenvalue weighted by molar-refractivity contribution is 0.102. The minimum atomic E-state index is -0.265. The van der Waals surface area contributed by atoms with Crippen LogP contribution in [-0.4, -0.2) is 16.8 Å². The Labute approximate surface area is 128 Å². The Morgan fingerprint density at radius 2 is 1.95 bits per heavy atom. The molecule has 21 heavy (non-hydrogen) atoms. The molecule has 2 aromatic rings. The van der Waals surface area contributed by atoms with E-state index in [1.54, 1.807) is 43.3 Å². The summed E-state index contributed by atoms with van der Waals surface area (Å²) in [6.45, 7) is 3.54. The van der Waals surface area contributed by atoms with Gasteiger partial charge in [0.1, 0.15) is 0 Å². The van der Waals surface area contributed by atoms with Crippen LogP contribution in [0.25, 0.3) is 0 Å². The van der Waals surface area contributed by atoms with Gasteiger partial charge in [-0.05, 0) is 43.7 Å². The molecule has 0 bridgehead atoms. The molecule has 0 aliphatic carbocycles. The molecule has 0 saturated heterocycles. The highest BCUT2D eigenvalue weighted by molar-refractivity contribution is 6.31. The fourth-order valence-corrected chi connectivity index (χ4v) is 2.31. The second-order valence-electron chi connectivity index (χ2n) is 4.70. The van der Waals surface area contributed by atoms with Gasteiger partial charge in [0.15, 0.2) is 0 Å². The SMILES string of the molecule is C/C(=N/O)c1ccccc1NC(=O)c1cc(C)cc(Cl)c1. The first kappa shape index (κ1) is 15.1. The maximum Gasteiger partial charge on any atom is 0.255 e. The number of carbonyl (C=O) groups is 1. The van der Waals surface area contributed by atoms with Crippen LogP contribution >= 0.6 is 11.6 Å². The lowest BCUT2D eigenvalue weighted by Crippen LogP contribution is -2.14. The number of rotatable bonds is 3. The molecule has 0 aliphatic heterocycles. The number of anilines is 1. The first-order chi connectivity index (χ1) is 10.0. The highest BCUT2D eigenvalue weighted by atomic mass is 35.5. The highest BCUT2D eigenvalue weighted by Gasteiger charge is 2.11. The molecule has 108 valence electrons. The van der Waals surface area contributed by atoms with E-state index in [-0.39, 0.29) is 5.91 Å². The molecule has 0 spiro atoms. The normalized spacial score (nSPS) is 11.3. The third-order valence-electron chi connectivity index (χ3n) is 3.02. The zero-order valence-electron chi connectivity index (χ0n) is 11.7. The Morgan fingerprint density at radius 3 is 2.62 bits per heavy atom. The van der Waals surface area contributed by atoms with E-state index in [9.17, 15) is 4.79 Å². The summed E-state index contributed by atoms with van der Waals surface area (Å²) >= 11 is 5.97. The number of hydrogen-bond acceptors (Lipinski definition) is 3. The predicted molar refractivity (Wildman–Crippen MR) is 84.6 cm³/mol. The minimum absolute atomic E-state index is 0.265. The van der Waals surface area contributed by atoms with Crippen molar-refractivity contribution in [3.63, 3.8) is 0 Å². The summed E-state index contributed by atoms with van der Waals surface area (Å²) in [4.78, 5) is 12.3. The number of aryl methyl sites for hydroxylation is 1. The third kappa shape index (κ3) is 3.61. The monoisotopic (exact) mass is 302 g/mol. The van der Waals surface area contributed by atoms with E-state index in [4.69, 9.17) is 16.8 Å². The summed E-state index contributed by atoms with van der Waals surface area (Å²) in [5.74, 6) is -0.265. The van der Waals surface area contributed by atoms with Crippen LogP contribution in [0.1, 0.15) is 28.4 Å². The van der Waals surface area contributed by atoms with Gasteiger partial charge in [-0.3, -0.25) is 4.79 Å². The van der Waals surface area contributed by atoms with Gasteiger partial charge < -0.3 is 10.5 Å². The molecule has 0 aliphatic rings. The highest BCUT2D eigenvalue weighted by Crippen LogP contribution is 2.19. The molecule has 1 amide bonds. The number of benzene rings is 2. The molecule has 2 rings (SSSR count). The van der Waals surface area contributed by atoms with Crippen molar-refractivity contribution in [3.05, 3.63) is 64.2 Å². The number of nitrogens with one attached hydrogen (secondary N) is 1. The van der Waals surface area contributed by atoms with Crippen LogP contribution in [-0.2, 0) is 0 Å². The van der Waals surface area contributed by atoms with Crippen molar-refractivity contribution in [1.82, 2.24) is 0 Å². The molecule has 0 unspecified atom stereocenters. The van der Waals surface area contributed by atoms with Crippen molar-refractivity contribution >= 4 is 28.9 Å². The molecule has 0 atom stereocenters. The van der Waals surface area contributed by atoms with Crippen LogP contribution in [0.2, 0.25) is 5.02 Å². The molecule has 0 saturated carbocycles. The number of carbonyl (C=O) groups excluding carboxylic acids is 1. The van der Waals surface area contributed by atoms with Crippen molar-refractivity contribution in [3.8, 4) is 0 Å². The Morgan fingerprint density at radius 1 is 1.24 bits per heavy atom. The first-order valence-corrected chi connectivity index (χ1v) is 6.75. The number of oxime groups is 1. The van der Waals surface area contributed by atoms with Crippen molar-refractivity contribution in [2.75, 3.05) is 5.32 Å². The average molecular weight is 303 g/mol. The Bertz CT molecular complexity index is 691. The Kier molecular flexibility index (Phi) is 4.60. The smallest absolute Gasteiger partial charge is 0.255 e. The summed E-state index contributed by atoms with van der Waals surface area (Å²) in [5.41, 5.74) is 3.05. The summed E-state index contributed by atoms with van der Waals surface area (Å²) in [6, 6.07) is 12.3. The number of nitrogens with zero attached hydrogens (tertiary/aromatic N) is 1. The zero-order chi connectivity index (χ0) is 15.4. The summed E-state index contributed by atoms with van der Waals surface area (Å²) in [6.07, 6.45) is 0. The van der Waals surface area contributed by atoms with Crippen LogP contribution in [0.4, 0.5) is 5.69 Å². The van der Waals surface area contributed by atoms with Crippen molar-refractivity contribution < 1.29 is 10.0 Å². The fourth-order valence-electron chi connectivity index (χ4n) is 2.02. The maximum absolute atomic E-state index is 12.3. The van der Waals surface area contributed by atoms with Gasteiger partial charge in [-0.25, -0.2) is 0 Å². The average Bonchev–Trinajstić information content (AvgIpc) is 2.46. The van der Waals surface area contributed by atoms with Gasteiger partial charge in [-0.15, -0.1) is 0 Å². The van der Waals surface area contributed by atoms with Crippen molar-refractivity contribution in [2.24, 2.45) is 5.16 Å². The first-order valence-electron chi connectivity index (χ1n) is 6.38. The quantitative estimate of drug-likeness (QED) is 0.509. The Hall–Kier alpha value is -2.33. The molecule has 4 nitrogen and oxygen atoms in total. The van der Waals surface area contributed by atoms with Gasteiger partial charge in [-0.2, -0.15) is 0 Å². The number of amides is 1. The van der Waals surface area contributed by atoms with Gasteiger partial charge >= 0.3 is 0 Å². The van der Waals surface area contributed by atoms with E-state index in [1.807, 2.05) is 13.0 Å². The van der Waals surface area contributed by atoms with Crippen LogP contribution in [0.3, 0.4) is 0 Å². The standard InChI is InChI=1S/C16H15ClN2O2/c1-10-7-12(9-13(17)8-10)16(20)18-15-6-4-3-5-14(15)11(2)19-21/h3-9,21H,1-2H3,(H,18,20)/b19-11-. The van der Waals surface area contributed by atoms with Gasteiger partial charge in [-0.1, -0.05) is 35.0 Å². The fraction of sp³-hybridized carbons (Fsp3) is 0.125. The molecule has 0 fully saturated rings. The van der Waals surface area contributed by atoms with Crippen molar-refractivity contribution in [1.29, 1.82) is 0 Å². The van der Waals surface area contributed by atoms with E-state index < -0.39 is 0 Å². The van der Waals surface area contributed by atoms with E-state index in [2.05, 4.69) is 10.5 Å². The molecule has 0 aromatic heterocycles. The van der Waals surface area contributed by atoms with Gasteiger partial charge in [0.2, 0.25) is 0 Å². The molecule has 5 heteroatoms. The van der Waals surface area contributed by atoms with Crippen LogP contribution in [0.15, 0.2) is 47.6 Å². The minimum Gasteiger partial charge on any atom is -0.411 e. The van der Waals surface area contributed by atoms with Crippen molar-refractivity contribution in [2.45, 2.75) is 13.8 Å². The lowest BCUT2D eigenvalue weighted by Gasteiger charge is -2.10. The molecule has 0 radical (unpaired) electrons. The van der Waals surface area contributed by atoms with Gasteiger partial charge in [0.25, 0.3) is 5.91 Å². The summed E-state index contributed by atoms with van der Waals surface area (Å²) < 4.78 is 0. The summed E-state index contributed by atoms with van der Waals surface area (Å²) in [5, 5.41) is 15.4. The zero-order valence-corrected chi connectivity index (χ0v) is 12.5. The van der Waals surface area contributed by atoms with E-state index in [1.165, 1.54) is 0 Å². The molecular weight excluding hydrogens is 288 g/mol. The van der Waals surface area contributed by atoms with Gasteiger partial charge in [0.05, 0.1) is 11.4 Å². The van der Waals surface area contributed by atoms with E-state index in [0.29, 0.717) is 27.5 Å². The van der Waals surface area contributed by atoms with E-state index in [0.717, 1.165) is 5.56 Å². The maximum atomic E-state index is 12.3. The predicted octanol–water partition coefficient (Wildman–Crippen LogP) is 4.10. The lowest BCUT2D eigenvalue weighted by atomic mass is 10.1. The van der Waals surface area contributed by atoms with Gasteiger partial charge in [0, 0.05) is 16.1 Å². The van der Waals surface area contributed by atoms with Crippen LogP contribution < -0.4 is 5.32 Å².